The van der Waals surface area contributed by atoms with Crippen molar-refractivity contribution < 1.29 is 18.9 Å². The van der Waals surface area contributed by atoms with Gasteiger partial charge in [0, 0.05) is 12.7 Å². The average molecular weight is 380 g/mol. The van der Waals surface area contributed by atoms with Crippen molar-refractivity contribution in [2.24, 2.45) is 0 Å². The van der Waals surface area contributed by atoms with Crippen LogP contribution in [0.1, 0.15) is 27.6 Å². The van der Waals surface area contributed by atoms with Crippen molar-refractivity contribution in [1.82, 2.24) is 0 Å². The van der Waals surface area contributed by atoms with Crippen molar-refractivity contribution in [3.8, 4) is 0 Å². The smallest absolute Gasteiger partial charge is 0.508 e. The number of carbonyl (C=O) groups is 2. The summed E-state index contributed by atoms with van der Waals surface area (Å²) in [5.41, 5.74) is 1.24. The summed E-state index contributed by atoms with van der Waals surface area (Å²) in [5, 5.41) is 8.15. The van der Waals surface area contributed by atoms with E-state index in [9.17, 15) is 9.59 Å². The second-order valence-corrected chi connectivity index (χ2v) is 7.17. The lowest BCUT2D eigenvalue weighted by Crippen LogP contribution is -2.11. The van der Waals surface area contributed by atoms with E-state index in [-0.39, 0.29) is 13.5 Å². The molecule has 0 N–H and O–H groups in total. The number of carbonyl (C=O) groups excluding carboxylic acids is 2. The first-order chi connectivity index (χ1) is 14.1. The molecule has 0 unspecified atom stereocenters. The Balaban J connectivity index is 1.95. The number of hydrogen-bond acceptors (Lipinski definition) is 4. The highest BCUT2D eigenvalue weighted by atomic mass is 16.6. The van der Waals surface area contributed by atoms with Crippen LogP contribution in [-0.4, -0.2) is 26.5 Å². The number of hydrogen-bond donors (Lipinski definition) is 0. The van der Waals surface area contributed by atoms with E-state index in [4.69, 9.17) is 9.31 Å². The van der Waals surface area contributed by atoms with Crippen molar-refractivity contribution in [2.45, 2.75) is 6.92 Å². The summed E-state index contributed by atoms with van der Waals surface area (Å²) < 4.78 is 10.1. The number of fused-ring (bicyclic) bond motifs is 2. The van der Waals surface area contributed by atoms with Gasteiger partial charge in [-0.05, 0) is 56.1 Å². The van der Waals surface area contributed by atoms with Crippen molar-refractivity contribution in [1.29, 1.82) is 0 Å². The lowest BCUT2D eigenvalue weighted by atomic mass is 9.87. The highest BCUT2D eigenvalue weighted by Gasteiger charge is 2.19. The maximum Gasteiger partial charge on any atom is 0.508 e. The van der Waals surface area contributed by atoms with Gasteiger partial charge in [0.05, 0.1) is 5.56 Å². The summed E-state index contributed by atoms with van der Waals surface area (Å²) in [6.07, 6.45) is 0. The molecule has 5 heteroatoms. The fourth-order valence-corrected chi connectivity index (χ4v) is 4.39. The number of benzene rings is 5. The molecule has 5 aromatic carbocycles. The Bertz CT molecular complexity index is 1420. The molecule has 4 nitrogen and oxygen atoms in total. The summed E-state index contributed by atoms with van der Waals surface area (Å²) in [7, 11) is 1.40. The van der Waals surface area contributed by atoms with Crippen LogP contribution in [0.4, 0.5) is 0 Å². The molecule has 5 aromatic rings. The molecule has 0 aliphatic carbocycles. The molecule has 0 aliphatic rings. The topological polar surface area (TPSA) is 52.6 Å². The van der Waals surface area contributed by atoms with E-state index in [1.54, 1.807) is 13.0 Å². The van der Waals surface area contributed by atoms with Gasteiger partial charge >= 0.3 is 13.7 Å². The first-order valence-electron chi connectivity index (χ1n) is 9.41. The van der Waals surface area contributed by atoms with E-state index in [0.717, 1.165) is 48.7 Å². The molecule has 0 saturated carbocycles. The molecule has 0 aromatic heterocycles. The predicted octanol–water partition coefficient (Wildman–Crippen LogP) is 5.01. The molecule has 0 spiro atoms. The quantitative estimate of drug-likeness (QED) is 0.190. The molecule has 0 atom stereocenters. The number of ketones is 1. The third-order valence-electron chi connectivity index (χ3n) is 5.57. The minimum absolute atomic E-state index is 0.0499. The Morgan fingerprint density at radius 2 is 1.17 bits per heavy atom. The first kappa shape index (κ1) is 17.6. The van der Waals surface area contributed by atoms with Gasteiger partial charge in [-0.25, -0.2) is 4.79 Å². The van der Waals surface area contributed by atoms with Gasteiger partial charge in [0.1, 0.15) is 0 Å². The molecule has 0 saturated heterocycles. The Morgan fingerprint density at radius 1 is 0.690 bits per heavy atom. The van der Waals surface area contributed by atoms with Crippen LogP contribution in [0.3, 0.4) is 0 Å². The van der Waals surface area contributed by atoms with E-state index in [1.807, 2.05) is 42.5 Å². The zero-order valence-corrected chi connectivity index (χ0v) is 16.1. The molecule has 0 aliphatic heterocycles. The summed E-state index contributed by atoms with van der Waals surface area (Å²) >= 11 is 0. The Hall–Kier alpha value is -3.44. The van der Waals surface area contributed by atoms with Gasteiger partial charge < -0.3 is 9.31 Å². The highest BCUT2D eigenvalue weighted by Crippen LogP contribution is 2.41. The zero-order chi connectivity index (χ0) is 20.1. The molecule has 0 fully saturated rings. The fourth-order valence-electron chi connectivity index (χ4n) is 4.39. The van der Waals surface area contributed by atoms with Gasteiger partial charge in [-0.3, -0.25) is 4.79 Å². The molecular weight excluding hydrogens is 363 g/mol. The van der Waals surface area contributed by atoms with Crippen LogP contribution in [0, 0.1) is 0 Å². The van der Waals surface area contributed by atoms with Crippen LogP contribution in [0.2, 0.25) is 0 Å². The molecule has 29 heavy (non-hydrogen) atoms. The van der Waals surface area contributed by atoms with Gasteiger partial charge in [0.15, 0.2) is 5.78 Å². The summed E-state index contributed by atoms with van der Waals surface area (Å²) in [6, 6.07) is 19.7. The third-order valence-corrected chi connectivity index (χ3v) is 5.57. The van der Waals surface area contributed by atoms with Crippen LogP contribution in [-0.2, 0) is 9.31 Å². The zero-order valence-electron chi connectivity index (χ0n) is 16.1. The van der Waals surface area contributed by atoms with Crippen molar-refractivity contribution in [2.75, 3.05) is 7.11 Å². The average Bonchev–Trinajstić information content (AvgIpc) is 2.74. The molecule has 0 heterocycles. The Kier molecular flexibility index (Phi) is 4.00. The molecule has 5 rings (SSSR count). The van der Waals surface area contributed by atoms with E-state index in [1.165, 1.54) is 7.11 Å². The van der Waals surface area contributed by atoms with Crippen LogP contribution in [0.5, 0.6) is 0 Å². The van der Waals surface area contributed by atoms with Crippen LogP contribution >= 0.6 is 0 Å². The lowest BCUT2D eigenvalue weighted by molar-refractivity contribution is 0.0712. The SMILES string of the molecule is COBOC(=O)c1ccc2c3ccc(C(C)=O)c4cccc(c5cccc1c52)c43. The standard InChI is InChI=1S/C24H17BO4/c1-13(26)14-9-10-19-20-11-12-21(24(27)29-25-28-2)18-8-4-7-17(23(18)20)16-6-3-5-15(14)22(16)19/h3-12,25H,1-2H3. The number of rotatable bonds is 4. The van der Waals surface area contributed by atoms with Crippen molar-refractivity contribution in [3.05, 3.63) is 71.8 Å². The van der Waals surface area contributed by atoms with Gasteiger partial charge in [0.2, 0.25) is 0 Å². The van der Waals surface area contributed by atoms with E-state index >= 15 is 0 Å². The minimum Gasteiger partial charge on any atom is -0.508 e. The second-order valence-electron chi connectivity index (χ2n) is 7.17. The molecule has 0 amide bonds. The van der Waals surface area contributed by atoms with Gasteiger partial charge in [-0.1, -0.05) is 54.6 Å². The third kappa shape index (κ3) is 2.51. The lowest BCUT2D eigenvalue weighted by Gasteiger charge is -2.17. The number of Topliss-reactive ketones (excluding diaryl/α,β-unsaturated/α-hetero) is 1. The Morgan fingerprint density at radius 3 is 1.72 bits per heavy atom. The summed E-state index contributed by atoms with van der Waals surface area (Å²) in [6.45, 7) is 1.60. The normalized spacial score (nSPS) is 11.5. The van der Waals surface area contributed by atoms with E-state index in [2.05, 4.69) is 12.1 Å². The minimum atomic E-state index is -0.411. The molecule has 0 bridgehead atoms. The Labute approximate surface area is 167 Å². The maximum absolute atomic E-state index is 12.6. The van der Waals surface area contributed by atoms with Crippen molar-refractivity contribution >= 4 is 62.5 Å². The van der Waals surface area contributed by atoms with Crippen LogP contribution in [0.15, 0.2) is 60.7 Å². The molecule has 140 valence electrons. The van der Waals surface area contributed by atoms with Gasteiger partial charge in [-0.2, -0.15) is 0 Å². The van der Waals surface area contributed by atoms with E-state index < -0.39 is 5.97 Å². The van der Waals surface area contributed by atoms with Crippen LogP contribution < -0.4 is 0 Å². The van der Waals surface area contributed by atoms with Gasteiger partial charge in [0.25, 0.3) is 0 Å². The van der Waals surface area contributed by atoms with Crippen molar-refractivity contribution in [3.63, 3.8) is 0 Å². The largest absolute Gasteiger partial charge is 0.508 e. The van der Waals surface area contributed by atoms with Crippen LogP contribution in [0.25, 0.3) is 43.1 Å². The second kappa shape index (κ2) is 6.57. The van der Waals surface area contributed by atoms with E-state index in [0.29, 0.717) is 5.56 Å². The maximum atomic E-state index is 12.6. The summed E-state index contributed by atoms with van der Waals surface area (Å²) in [5.74, 6) is -0.361. The molecular formula is C24H17BO4. The predicted molar refractivity (Wildman–Crippen MR) is 117 cm³/mol. The fraction of sp³-hybridized carbons (Fsp3) is 0.0833. The molecule has 0 radical (unpaired) electrons. The highest BCUT2D eigenvalue weighted by molar-refractivity contribution is 6.36. The van der Waals surface area contributed by atoms with Gasteiger partial charge in [-0.15, -0.1) is 0 Å². The monoisotopic (exact) mass is 380 g/mol. The first-order valence-corrected chi connectivity index (χ1v) is 9.41. The summed E-state index contributed by atoms with van der Waals surface area (Å²) in [4.78, 5) is 24.7.